The number of hydrogen-bond acceptors (Lipinski definition) is 4. The lowest BCUT2D eigenvalue weighted by atomic mass is 10.1. The minimum Gasteiger partial charge on any atom is -0.457 e. The molecule has 7 heteroatoms. The van der Waals surface area contributed by atoms with Crippen molar-refractivity contribution in [2.24, 2.45) is 0 Å². The number of nitrogens with one attached hydrogen (secondary N) is 2. The van der Waals surface area contributed by atoms with E-state index in [4.69, 9.17) is 22.1 Å². The van der Waals surface area contributed by atoms with Gasteiger partial charge in [0.15, 0.2) is 0 Å². The fraction of sp³-hybridized carbons (Fsp3) is 0.0345. The minimum absolute atomic E-state index is 0.102. The molecule has 6 nitrogen and oxygen atoms in total. The lowest BCUT2D eigenvalue weighted by Crippen LogP contribution is -2.34. The molecule has 0 saturated carbocycles. The number of nitrogens with two attached hydrogens (primary N) is 1. The summed E-state index contributed by atoms with van der Waals surface area (Å²) in [6, 6.07) is 30.2. The Labute approximate surface area is 214 Å². The zero-order valence-corrected chi connectivity index (χ0v) is 20.0. The first-order valence-electron chi connectivity index (χ1n) is 11.2. The van der Waals surface area contributed by atoms with Gasteiger partial charge in [-0.05, 0) is 71.8 Å². The Morgan fingerprint density at radius 1 is 0.806 bits per heavy atom. The number of carbonyl (C=O) groups excluding carboxylic acids is 2. The van der Waals surface area contributed by atoms with Crippen molar-refractivity contribution in [3.63, 3.8) is 0 Å². The normalized spacial score (nSPS) is 11.0. The number of nitrogen functional groups attached to an aromatic ring is 1. The Morgan fingerprint density at radius 2 is 1.42 bits per heavy atom. The molecule has 0 unspecified atom stereocenters. The summed E-state index contributed by atoms with van der Waals surface area (Å²) in [5.41, 5.74) is 8.59. The van der Waals surface area contributed by atoms with Crippen molar-refractivity contribution in [1.82, 2.24) is 10.6 Å². The van der Waals surface area contributed by atoms with Crippen LogP contribution in [0.15, 0.2) is 109 Å². The third-order valence-electron chi connectivity index (χ3n) is 5.26. The summed E-state index contributed by atoms with van der Waals surface area (Å²) in [4.78, 5) is 25.8. The van der Waals surface area contributed by atoms with Gasteiger partial charge in [0, 0.05) is 22.8 Å². The molecular formula is C29H24ClN3O3. The van der Waals surface area contributed by atoms with E-state index in [-0.39, 0.29) is 18.1 Å². The van der Waals surface area contributed by atoms with Crippen LogP contribution in [0.1, 0.15) is 21.5 Å². The summed E-state index contributed by atoms with van der Waals surface area (Å²) < 4.78 is 5.82. The van der Waals surface area contributed by atoms with Crippen molar-refractivity contribution in [3.05, 3.63) is 131 Å². The number of carbonyl (C=O) groups is 2. The van der Waals surface area contributed by atoms with Crippen LogP contribution in [0.3, 0.4) is 0 Å². The maximum atomic E-state index is 13.1. The van der Waals surface area contributed by atoms with Gasteiger partial charge in [0.25, 0.3) is 11.8 Å². The molecule has 0 saturated heterocycles. The highest BCUT2D eigenvalue weighted by Gasteiger charge is 2.15. The van der Waals surface area contributed by atoms with Gasteiger partial charge in [-0.3, -0.25) is 9.59 Å². The van der Waals surface area contributed by atoms with Crippen LogP contribution >= 0.6 is 11.6 Å². The minimum atomic E-state index is -0.441. The third-order valence-corrected chi connectivity index (χ3v) is 5.52. The Kier molecular flexibility index (Phi) is 8.01. The lowest BCUT2D eigenvalue weighted by molar-refractivity contribution is -0.117. The Bertz CT molecular complexity index is 1370. The fourth-order valence-corrected chi connectivity index (χ4v) is 3.47. The van der Waals surface area contributed by atoms with Crippen molar-refractivity contribution in [3.8, 4) is 11.5 Å². The molecular weight excluding hydrogens is 474 g/mol. The fourth-order valence-electron chi connectivity index (χ4n) is 3.35. The SMILES string of the molecule is Nc1ccccc1CNC(=O)C(=Cc1ccc(Oc2ccc(Cl)cc2)cc1)NC(=O)c1ccccc1. The zero-order valence-electron chi connectivity index (χ0n) is 19.3. The molecule has 0 spiro atoms. The van der Waals surface area contributed by atoms with Gasteiger partial charge in [0.1, 0.15) is 17.2 Å². The highest BCUT2D eigenvalue weighted by Crippen LogP contribution is 2.24. The molecule has 0 fully saturated rings. The highest BCUT2D eigenvalue weighted by atomic mass is 35.5. The van der Waals surface area contributed by atoms with Crippen LogP contribution in [0.4, 0.5) is 5.69 Å². The number of amides is 2. The van der Waals surface area contributed by atoms with E-state index in [0.29, 0.717) is 33.3 Å². The second-order valence-corrected chi connectivity index (χ2v) is 8.32. The van der Waals surface area contributed by atoms with Gasteiger partial charge in [0.2, 0.25) is 0 Å². The number of para-hydroxylation sites is 1. The summed E-state index contributed by atoms with van der Waals surface area (Å²) in [7, 11) is 0. The number of hydrogen-bond donors (Lipinski definition) is 3. The van der Waals surface area contributed by atoms with E-state index in [1.54, 1.807) is 84.9 Å². The van der Waals surface area contributed by atoms with Crippen LogP contribution < -0.4 is 21.1 Å². The molecule has 0 bridgehead atoms. The smallest absolute Gasteiger partial charge is 0.268 e. The summed E-state index contributed by atoms with van der Waals surface area (Å²) in [6.07, 6.45) is 1.61. The van der Waals surface area contributed by atoms with Crippen molar-refractivity contribution in [1.29, 1.82) is 0 Å². The Morgan fingerprint density at radius 3 is 2.08 bits per heavy atom. The third kappa shape index (κ3) is 6.74. The van der Waals surface area contributed by atoms with Crippen molar-refractivity contribution >= 4 is 35.2 Å². The van der Waals surface area contributed by atoms with Crippen molar-refractivity contribution in [2.75, 3.05) is 5.73 Å². The number of halogens is 1. The highest BCUT2D eigenvalue weighted by molar-refractivity contribution is 6.30. The van der Waals surface area contributed by atoms with Crippen LogP contribution in [0.2, 0.25) is 5.02 Å². The predicted octanol–water partition coefficient (Wildman–Crippen LogP) is 5.80. The molecule has 0 atom stereocenters. The second-order valence-electron chi connectivity index (χ2n) is 7.88. The van der Waals surface area contributed by atoms with E-state index in [1.165, 1.54) is 0 Å². The molecule has 4 aromatic rings. The summed E-state index contributed by atoms with van der Waals surface area (Å²) >= 11 is 5.92. The van der Waals surface area contributed by atoms with E-state index >= 15 is 0 Å². The first-order valence-corrected chi connectivity index (χ1v) is 11.6. The van der Waals surface area contributed by atoms with Gasteiger partial charge in [-0.2, -0.15) is 0 Å². The van der Waals surface area contributed by atoms with Crippen LogP contribution in [0.5, 0.6) is 11.5 Å². The molecule has 4 aromatic carbocycles. The van der Waals surface area contributed by atoms with Crippen molar-refractivity contribution in [2.45, 2.75) is 6.54 Å². The molecule has 0 aliphatic carbocycles. The Balaban J connectivity index is 1.53. The molecule has 0 heterocycles. The van der Waals surface area contributed by atoms with E-state index in [9.17, 15) is 9.59 Å². The second kappa shape index (κ2) is 11.7. The standard InChI is InChI=1S/C29H24ClN3O3/c30-23-12-16-25(17-13-23)36-24-14-10-20(11-15-24)18-27(33-28(34)21-6-2-1-3-7-21)29(35)32-19-22-8-4-5-9-26(22)31/h1-18H,19,31H2,(H,32,35)(H,33,34). The Hall–Kier alpha value is -4.55. The largest absolute Gasteiger partial charge is 0.457 e. The molecule has 180 valence electrons. The molecule has 4 rings (SSSR count). The molecule has 0 aliphatic heterocycles. The number of benzene rings is 4. The number of ether oxygens (including phenoxy) is 1. The van der Waals surface area contributed by atoms with Gasteiger partial charge >= 0.3 is 0 Å². The topological polar surface area (TPSA) is 93.4 Å². The lowest BCUT2D eigenvalue weighted by Gasteiger charge is -2.12. The quantitative estimate of drug-likeness (QED) is 0.212. The van der Waals surface area contributed by atoms with E-state index in [0.717, 1.165) is 5.56 Å². The number of rotatable bonds is 8. The van der Waals surface area contributed by atoms with Crippen LogP contribution in [0, 0.1) is 0 Å². The maximum absolute atomic E-state index is 13.1. The van der Waals surface area contributed by atoms with Gasteiger partial charge in [-0.25, -0.2) is 0 Å². The molecule has 2 amide bonds. The summed E-state index contributed by atoms with van der Waals surface area (Å²) in [6.45, 7) is 0.220. The maximum Gasteiger partial charge on any atom is 0.268 e. The molecule has 4 N–H and O–H groups in total. The molecule has 0 aromatic heterocycles. The average molecular weight is 498 g/mol. The monoisotopic (exact) mass is 497 g/mol. The first-order chi connectivity index (χ1) is 17.5. The van der Waals surface area contributed by atoms with Crippen LogP contribution in [-0.4, -0.2) is 11.8 Å². The van der Waals surface area contributed by atoms with Crippen LogP contribution in [0.25, 0.3) is 6.08 Å². The molecule has 0 radical (unpaired) electrons. The molecule has 36 heavy (non-hydrogen) atoms. The zero-order chi connectivity index (χ0) is 25.3. The number of anilines is 1. The van der Waals surface area contributed by atoms with Gasteiger partial charge in [0.05, 0.1) is 0 Å². The molecule has 0 aliphatic rings. The van der Waals surface area contributed by atoms with E-state index in [1.807, 2.05) is 24.3 Å². The summed E-state index contributed by atoms with van der Waals surface area (Å²) in [5.74, 6) is 0.439. The van der Waals surface area contributed by atoms with Crippen LogP contribution in [-0.2, 0) is 11.3 Å². The first kappa shape index (κ1) is 24.6. The van der Waals surface area contributed by atoms with E-state index in [2.05, 4.69) is 10.6 Å². The summed E-state index contributed by atoms with van der Waals surface area (Å²) in [5, 5.41) is 6.18. The predicted molar refractivity (Wildman–Crippen MR) is 143 cm³/mol. The average Bonchev–Trinajstić information content (AvgIpc) is 2.90. The van der Waals surface area contributed by atoms with Gasteiger partial charge < -0.3 is 21.1 Å². The van der Waals surface area contributed by atoms with Gasteiger partial charge in [-0.15, -0.1) is 0 Å². The van der Waals surface area contributed by atoms with Gasteiger partial charge in [-0.1, -0.05) is 60.1 Å². The van der Waals surface area contributed by atoms with E-state index < -0.39 is 5.91 Å². The van der Waals surface area contributed by atoms with Crippen molar-refractivity contribution < 1.29 is 14.3 Å².